The molecule has 0 radical (unpaired) electrons. The molecule has 0 spiro atoms. The van der Waals surface area contributed by atoms with Crippen LogP contribution in [-0.2, 0) is 9.53 Å². The maximum Gasteiger partial charge on any atom is 0.376 e. The van der Waals surface area contributed by atoms with E-state index in [1.54, 1.807) is 13.8 Å². The molecule has 1 aliphatic heterocycles. The molecule has 0 atom stereocenters. The molecule has 1 aromatic rings. The largest absolute Gasteiger partial charge is 0.460 e. The van der Waals surface area contributed by atoms with Gasteiger partial charge in [-0.2, -0.15) is 9.98 Å². The molecule has 0 aromatic carbocycles. The number of hydrogen-bond donors (Lipinski definition) is 1. The number of rotatable bonds is 3. The third-order valence-electron chi connectivity index (χ3n) is 2.03. The Bertz CT molecular complexity index is 523. The Balaban J connectivity index is 2.18. The zero-order valence-electron chi connectivity index (χ0n) is 9.85. The Hall–Kier alpha value is -1.83. The molecule has 1 fully saturated rings. The zero-order chi connectivity index (χ0) is 13.1. The number of carbonyl (C=O) groups excluding carboxylic acids is 2. The maximum absolute atomic E-state index is 11.5. The first-order valence-corrected chi connectivity index (χ1v) is 6.24. The second kappa shape index (κ2) is 5.21. The summed E-state index contributed by atoms with van der Waals surface area (Å²) in [4.78, 5) is 30.4. The van der Waals surface area contributed by atoms with Gasteiger partial charge >= 0.3 is 12.0 Å². The van der Waals surface area contributed by atoms with Crippen LogP contribution >= 0.6 is 11.8 Å². The minimum absolute atomic E-state index is 0.0280. The molecule has 1 aliphatic rings. The molecule has 0 bridgehead atoms. The standard InChI is InChI=1S/C10H11N3O4S/c1-3-16-8(15)7-5(2)11-9(17-7)13-10-12-6(14)4-18-10/h3-4H2,1-2H3,(H,11,12,13,14). The lowest BCUT2D eigenvalue weighted by atomic mass is 10.4. The Morgan fingerprint density at radius 3 is 3.06 bits per heavy atom. The highest BCUT2D eigenvalue weighted by Gasteiger charge is 2.21. The van der Waals surface area contributed by atoms with E-state index in [4.69, 9.17) is 9.15 Å². The van der Waals surface area contributed by atoms with Crippen LogP contribution in [0.1, 0.15) is 23.2 Å². The second-order valence-corrected chi connectivity index (χ2v) is 4.35. The Kier molecular flexibility index (Phi) is 3.66. The van der Waals surface area contributed by atoms with Crippen molar-refractivity contribution in [3.8, 4) is 0 Å². The van der Waals surface area contributed by atoms with Gasteiger partial charge < -0.3 is 14.5 Å². The molecular weight excluding hydrogens is 258 g/mol. The molecule has 1 amide bonds. The number of hydrogen-bond acceptors (Lipinski definition) is 7. The summed E-state index contributed by atoms with van der Waals surface area (Å²) in [5.74, 6) is -0.335. The monoisotopic (exact) mass is 269 g/mol. The summed E-state index contributed by atoms with van der Waals surface area (Å²) in [6, 6.07) is 0.0280. The smallest absolute Gasteiger partial charge is 0.376 e. The number of aliphatic imine (C=N–C) groups is 1. The van der Waals surface area contributed by atoms with Gasteiger partial charge in [0.2, 0.25) is 11.7 Å². The number of thioether (sulfide) groups is 1. The molecule has 0 aliphatic carbocycles. The molecule has 96 valence electrons. The number of amides is 1. The van der Waals surface area contributed by atoms with Gasteiger partial charge in [-0.3, -0.25) is 4.79 Å². The van der Waals surface area contributed by atoms with E-state index in [0.717, 1.165) is 0 Å². The number of oxazole rings is 1. The van der Waals surface area contributed by atoms with Crippen molar-refractivity contribution in [3.05, 3.63) is 11.5 Å². The van der Waals surface area contributed by atoms with E-state index in [-0.39, 0.29) is 24.3 Å². The molecule has 1 N–H and O–H groups in total. The van der Waals surface area contributed by atoms with E-state index >= 15 is 0 Å². The van der Waals surface area contributed by atoms with Crippen molar-refractivity contribution < 1.29 is 18.7 Å². The summed E-state index contributed by atoms with van der Waals surface area (Å²) in [5, 5.41) is 2.96. The third kappa shape index (κ3) is 2.70. The van der Waals surface area contributed by atoms with Gasteiger partial charge in [0.15, 0.2) is 5.17 Å². The van der Waals surface area contributed by atoms with Crippen LogP contribution in [0.4, 0.5) is 6.01 Å². The summed E-state index contributed by atoms with van der Waals surface area (Å²) in [6.07, 6.45) is 0. The lowest BCUT2D eigenvalue weighted by Crippen LogP contribution is -2.19. The van der Waals surface area contributed by atoms with E-state index in [1.165, 1.54) is 11.8 Å². The molecule has 1 saturated heterocycles. The van der Waals surface area contributed by atoms with Gasteiger partial charge in [-0.25, -0.2) is 4.79 Å². The van der Waals surface area contributed by atoms with Gasteiger partial charge in [-0.1, -0.05) is 11.8 Å². The fourth-order valence-corrected chi connectivity index (χ4v) is 1.96. The Morgan fingerprint density at radius 2 is 2.44 bits per heavy atom. The number of ether oxygens (including phenoxy) is 1. The van der Waals surface area contributed by atoms with Crippen LogP contribution in [0.25, 0.3) is 0 Å². The number of amidine groups is 1. The molecular formula is C10H11N3O4S. The molecule has 0 saturated carbocycles. The highest BCUT2D eigenvalue weighted by molar-refractivity contribution is 8.15. The summed E-state index contributed by atoms with van der Waals surface area (Å²) in [7, 11) is 0. The van der Waals surface area contributed by atoms with E-state index < -0.39 is 5.97 Å². The number of aromatic nitrogens is 1. The number of carbonyl (C=O) groups is 2. The Morgan fingerprint density at radius 1 is 1.67 bits per heavy atom. The third-order valence-corrected chi connectivity index (χ3v) is 2.90. The van der Waals surface area contributed by atoms with Crippen LogP contribution in [0.5, 0.6) is 0 Å². The normalized spacial score (nSPS) is 17.0. The zero-order valence-corrected chi connectivity index (χ0v) is 10.7. The van der Waals surface area contributed by atoms with Gasteiger partial charge in [0, 0.05) is 0 Å². The van der Waals surface area contributed by atoms with Gasteiger partial charge in [0.05, 0.1) is 18.1 Å². The van der Waals surface area contributed by atoms with Crippen LogP contribution < -0.4 is 5.32 Å². The number of aryl methyl sites for hydroxylation is 1. The molecule has 18 heavy (non-hydrogen) atoms. The molecule has 2 rings (SSSR count). The van der Waals surface area contributed by atoms with Crippen molar-refractivity contribution in [3.63, 3.8) is 0 Å². The van der Waals surface area contributed by atoms with Crippen LogP contribution in [0.3, 0.4) is 0 Å². The average molecular weight is 269 g/mol. The van der Waals surface area contributed by atoms with Crippen LogP contribution in [0, 0.1) is 6.92 Å². The minimum atomic E-state index is -0.572. The van der Waals surface area contributed by atoms with Crippen molar-refractivity contribution in [1.29, 1.82) is 0 Å². The summed E-state index contributed by atoms with van der Waals surface area (Å²) >= 11 is 1.25. The fraction of sp³-hybridized carbons (Fsp3) is 0.400. The first-order chi connectivity index (χ1) is 8.60. The predicted octanol–water partition coefficient (Wildman–Crippen LogP) is 1.01. The fourth-order valence-electron chi connectivity index (χ4n) is 1.29. The molecule has 2 heterocycles. The van der Waals surface area contributed by atoms with Crippen molar-refractivity contribution in [2.45, 2.75) is 13.8 Å². The average Bonchev–Trinajstić information content (AvgIpc) is 2.86. The highest BCUT2D eigenvalue weighted by atomic mass is 32.2. The van der Waals surface area contributed by atoms with E-state index in [9.17, 15) is 9.59 Å². The topological polar surface area (TPSA) is 93.8 Å². The Labute approximate surface area is 107 Å². The predicted molar refractivity (Wildman–Crippen MR) is 64.9 cm³/mol. The van der Waals surface area contributed by atoms with Gasteiger partial charge in [-0.05, 0) is 13.8 Å². The minimum Gasteiger partial charge on any atom is -0.460 e. The number of nitrogens with zero attached hydrogens (tertiary/aromatic N) is 2. The van der Waals surface area contributed by atoms with Crippen molar-refractivity contribution in [2.75, 3.05) is 12.4 Å². The SMILES string of the molecule is CCOC(=O)c1oc(/N=C2\NC(=O)CS2)nc1C. The summed E-state index contributed by atoms with van der Waals surface area (Å²) < 4.78 is 10.0. The van der Waals surface area contributed by atoms with E-state index in [1.807, 2.05) is 0 Å². The van der Waals surface area contributed by atoms with Crippen molar-refractivity contribution >= 4 is 34.8 Å². The number of esters is 1. The molecule has 1 aromatic heterocycles. The quantitative estimate of drug-likeness (QED) is 0.823. The van der Waals surface area contributed by atoms with E-state index in [2.05, 4.69) is 15.3 Å². The van der Waals surface area contributed by atoms with Crippen molar-refractivity contribution in [1.82, 2.24) is 10.3 Å². The lowest BCUT2D eigenvalue weighted by molar-refractivity contribution is -0.116. The van der Waals surface area contributed by atoms with Gasteiger partial charge in [0.25, 0.3) is 0 Å². The summed E-state index contributed by atoms with van der Waals surface area (Å²) in [6.45, 7) is 3.59. The molecule has 8 heteroatoms. The lowest BCUT2D eigenvalue weighted by Gasteiger charge is -1.96. The summed E-state index contributed by atoms with van der Waals surface area (Å²) in [5.41, 5.74) is 0.405. The molecule has 0 unspecified atom stereocenters. The second-order valence-electron chi connectivity index (χ2n) is 3.39. The maximum atomic E-state index is 11.5. The first kappa shape index (κ1) is 12.6. The van der Waals surface area contributed by atoms with Gasteiger partial charge in [0.1, 0.15) is 0 Å². The number of nitrogens with one attached hydrogen (secondary N) is 1. The first-order valence-electron chi connectivity index (χ1n) is 5.26. The van der Waals surface area contributed by atoms with Crippen LogP contribution in [-0.4, -0.2) is 34.4 Å². The molecule has 7 nitrogen and oxygen atoms in total. The van der Waals surface area contributed by atoms with Crippen molar-refractivity contribution in [2.24, 2.45) is 4.99 Å². The van der Waals surface area contributed by atoms with Crippen LogP contribution in [0.15, 0.2) is 9.41 Å². The van der Waals surface area contributed by atoms with Crippen LogP contribution in [0.2, 0.25) is 0 Å². The van der Waals surface area contributed by atoms with Gasteiger partial charge in [-0.15, -0.1) is 0 Å². The highest BCUT2D eigenvalue weighted by Crippen LogP contribution is 2.20. The van der Waals surface area contributed by atoms with E-state index in [0.29, 0.717) is 16.6 Å².